The van der Waals surface area contributed by atoms with Gasteiger partial charge in [0.2, 0.25) is 17.7 Å². The van der Waals surface area contributed by atoms with Gasteiger partial charge in [-0.3, -0.25) is 14.4 Å². The van der Waals surface area contributed by atoms with Crippen molar-refractivity contribution < 1.29 is 28.2 Å². The quantitative estimate of drug-likeness (QED) is 0.575. The predicted molar refractivity (Wildman–Crippen MR) is 123 cm³/mol. The Morgan fingerprint density at radius 1 is 1.00 bits per heavy atom. The van der Waals surface area contributed by atoms with E-state index in [0.717, 1.165) is 25.8 Å². The van der Waals surface area contributed by atoms with Gasteiger partial charge in [0.25, 0.3) is 0 Å². The van der Waals surface area contributed by atoms with E-state index in [9.17, 15) is 18.8 Å². The minimum Gasteiger partial charge on any atom is -0.493 e. The topological polar surface area (TPSA) is 79.4 Å². The van der Waals surface area contributed by atoms with Crippen molar-refractivity contribution in [3.8, 4) is 5.75 Å². The highest BCUT2D eigenvalue weighted by Gasteiger charge is 2.41. The highest BCUT2D eigenvalue weighted by atomic mass is 19.1. The summed E-state index contributed by atoms with van der Waals surface area (Å²) in [5.41, 5.74) is -0.527. The van der Waals surface area contributed by atoms with Crippen molar-refractivity contribution in [2.45, 2.75) is 38.5 Å². The smallest absolute Gasteiger partial charge is 0.224 e. The molecule has 186 valence electrons. The molecule has 4 rings (SSSR count). The van der Waals surface area contributed by atoms with E-state index in [2.05, 4.69) is 0 Å². The second-order valence-corrected chi connectivity index (χ2v) is 9.57. The van der Waals surface area contributed by atoms with Gasteiger partial charge in [0.05, 0.1) is 19.8 Å². The predicted octanol–water partition coefficient (Wildman–Crippen LogP) is 2.07. The lowest BCUT2D eigenvalue weighted by molar-refractivity contribution is -0.144. The molecule has 3 aliphatic rings. The zero-order valence-electron chi connectivity index (χ0n) is 19.7. The number of morpholine rings is 1. The summed E-state index contributed by atoms with van der Waals surface area (Å²) in [6.45, 7) is 4.70. The molecular formula is C25H34FN3O5. The first-order chi connectivity index (χ1) is 16.4. The van der Waals surface area contributed by atoms with E-state index in [1.54, 1.807) is 17.0 Å². The number of hydrogen-bond donors (Lipinski definition) is 0. The van der Waals surface area contributed by atoms with Crippen LogP contribution in [0.15, 0.2) is 24.3 Å². The fourth-order valence-electron chi connectivity index (χ4n) is 5.08. The van der Waals surface area contributed by atoms with Crippen LogP contribution in [0.4, 0.5) is 4.39 Å². The summed E-state index contributed by atoms with van der Waals surface area (Å²) < 4.78 is 24.7. The zero-order chi connectivity index (χ0) is 24.0. The number of nitrogens with zero attached hydrogens (tertiary/aromatic N) is 3. The molecule has 0 unspecified atom stereocenters. The van der Waals surface area contributed by atoms with Crippen molar-refractivity contribution in [3.05, 3.63) is 30.1 Å². The average molecular weight is 476 g/mol. The van der Waals surface area contributed by atoms with Crippen LogP contribution in [-0.2, 0) is 19.1 Å². The molecule has 0 spiro atoms. The molecule has 3 saturated heterocycles. The summed E-state index contributed by atoms with van der Waals surface area (Å²) in [4.78, 5) is 43.5. The third-order valence-corrected chi connectivity index (χ3v) is 7.03. The van der Waals surface area contributed by atoms with E-state index in [1.807, 2.05) is 9.80 Å². The lowest BCUT2D eigenvalue weighted by atomic mass is 9.77. The lowest BCUT2D eigenvalue weighted by Gasteiger charge is -2.43. The number of rotatable bonds is 8. The summed E-state index contributed by atoms with van der Waals surface area (Å²) in [6.07, 6.45) is 3.52. The molecule has 0 N–H and O–H groups in total. The third kappa shape index (κ3) is 6.25. The van der Waals surface area contributed by atoms with E-state index < -0.39 is 5.41 Å². The molecule has 1 aromatic rings. The Morgan fingerprint density at radius 3 is 2.47 bits per heavy atom. The van der Waals surface area contributed by atoms with Gasteiger partial charge in [-0.25, -0.2) is 4.39 Å². The molecule has 0 aliphatic carbocycles. The number of ether oxygens (including phenoxy) is 2. The normalized spacial score (nSPS) is 23.3. The Bertz CT molecular complexity index is 874. The first-order valence-electron chi connectivity index (χ1n) is 12.2. The minimum atomic E-state index is -0.527. The van der Waals surface area contributed by atoms with Crippen LogP contribution in [0.3, 0.4) is 0 Å². The van der Waals surface area contributed by atoms with Crippen LogP contribution in [0.25, 0.3) is 0 Å². The summed E-state index contributed by atoms with van der Waals surface area (Å²) in [6, 6.07) is 5.84. The van der Waals surface area contributed by atoms with Crippen LogP contribution in [0.1, 0.15) is 38.5 Å². The van der Waals surface area contributed by atoms with Crippen LogP contribution in [0, 0.1) is 11.2 Å². The molecule has 1 atom stereocenters. The Balaban J connectivity index is 1.42. The molecule has 9 heteroatoms. The van der Waals surface area contributed by atoms with Crippen molar-refractivity contribution in [1.29, 1.82) is 0 Å². The zero-order valence-corrected chi connectivity index (χ0v) is 19.7. The van der Waals surface area contributed by atoms with Gasteiger partial charge in [0.15, 0.2) is 0 Å². The van der Waals surface area contributed by atoms with Crippen molar-refractivity contribution in [3.63, 3.8) is 0 Å². The minimum absolute atomic E-state index is 0.00405. The standard InChI is InChI=1S/C25H34FN3O5/c26-20-4-6-21(7-5-20)34-19-25(17-24(32)28-13-15-33-16-14-28)9-2-11-29(18-25)23(31)8-12-27-10-1-3-22(27)30/h4-7H,1-3,8-19H2/t25-/m1/s1. The van der Waals surface area contributed by atoms with Crippen LogP contribution in [-0.4, -0.2) is 91.5 Å². The van der Waals surface area contributed by atoms with E-state index in [-0.39, 0.29) is 43.0 Å². The Morgan fingerprint density at radius 2 is 1.76 bits per heavy atom. The fourth-order valence-corrected chi connectivity index (χ4v) is 5.08. The molecular weight excluding hydrogens is 441 g/mol. The Hall–Kier alpha value is -2.68. The number of likely N-dealkylation sites (tertiary alicyclic amines) is 2. The Labute approximate surface area is 200 Å². The SMILES string of the molecule is O=C1CCCN1CCC(=O)N1CCC[C@@](COc2ccc(F)cc2)(CC(=O)N2CCOCC2)C1. The summed E-state index contributed by atoms with van der Waals surface area (Å²) in [5.74, 6) is 0.364. The van der Waals surface area contributed by atoms with Crippen LogP contribution >= 0.6 is 0 Å². The molecule has 0 bridgehead atoms. The average Bonchev–Trinajstić information content (AvgIpc) is 3.27. The van der Waals surface area contributed by atoms with E-state index in [1.165, 1.54) is 12.1 Å². The largest absolute Gasteiger partial charge is 0.493 e. The van der Waals surface area contributed by atoms with Gasteiger partial charge in [0, 0.05) is 63.9 Å². The maximum absolute atomic E-state index is 13.3. The number of amides is 3. The highest BCUT2D eigenvalue weighted by Crippen LogP contribution is 2.35. The molecule has 0 radical (unpaired) electrons. The van der Waals surface area contributed by atoms with Crippen molar-refractivity contribution >= 4 is 17.7 Å². The second-order valence-electron chi connectivity index (χ2n) is 9.57. The summed E-state index contributed by atoms with van der Waals surface area (Å²) >= 11 is 0. The first kappa shape index (κ1) is 24.4. The van der Waals surface area contributed by atoms with Crippen LogP contribution in [0.2, 0.25) is 0 Å². The fraction of sp³-hybridized carbons (Fsp3) is 0.640. The molecule has 3 amide bonds. The lowest BCUT2D eigenvalue weighted by Crippen LogP contribution is -2.52. The van der Waals surface area contributed by atoms with Gasteiger partial charge in [-0.15, -0.1) is 0 Å². The second kappa shape index (κ2) is 11.2. The van der Waals surface area contributed by atoms with E-state index in [0.29, 0.717) is 58.1 Å². The molecule has 1 aromatic carbocycles. The van der Waals surface area contributed by atoms with Gasteiger partial charge in [-0.05, 0) is 43.5 Å². The van der Waals surface area contributed by atoms with Crippen LogP contribution in [0.5, 0.6) is 5.75 Å². The van der Waals surface area contributed by atoms with E-state index in [4.69, 9.17) is 9.47 Å². The monoisotopic (exact) mass is 475 g/mol. The summed E-state index contributed by atoms with van der Waals surface area (Å²) in [5, 5.41) is 0. The Kier molecular flexibility index (Phi) is 8.03. The molecule has 3 aliphatic heterocycles. The molecule has 3 heterocycles. The number of carbonyl (C=O) groups excluding carboxylic acids is 3. The van der Waals surface area contributed by atoms with Crippen molar-refractivity contribution in [2.24, 2.45) is 5.41 Å². The van der Waals surface area contributed by atoms with Crippen molar-refractivity contribution in [1.82, 2.24) is 14.7 Å². The van der Waals surface area contributed by atoms with Gasteiger partial charge >= 0.3 is 0 Å². The molecule has 0 aromatic heterocycles. The van der Waals surface area contributed by atoms with Gasteiger partial charge in [-0.2, -0.15) is 0 Å². The first-order valence-corrected chi connectivity index (χ1v) is 12.2. The van der Waals surface area contributed by atoms with Gasteiger partial charge in [-0.1, -0.05) is 0 Å². The maximum Gasteiger partial charge on any atom is 0.224 e. The summed E-state index contributed by atoms with van der Waals surface area (Å²) in [7, 11) is 0. The number of halogens is 1. The number of carbonyl (C=O) groups is 3. The highest BCUT2D eigenvalue weighted by molar-refractivity contribution is 5.81. The maximum atomic E-state index is 13.3. The van der Waals surface area contributed by atoms with Crippen LogP contribution < -0.4 is 4.74 Å². The number of hydrogen-bond acceptors (Lipinski definition) is 5. The molecule has 34 heavy (non-hydrogen) atoms. The molecule has 8 nitrogen and oxygen atoms in total. The molecule has 0 saturated carbocycles. The third-order valence-electron chi connectivity index (χ3n) is 7.03. The van der Waals surface area contributed by atoms with Crippen molar-refractivity contribution in [2.75, 3.05) is 59.1 Å². The molecule has 3 fully saturated rings. The number of benzene rings is 1. The number of piperidine rings is 1. The van der Waals surface area contributed by atoms with Gasteiger partial charge < -0.3 is 24.2 Å². The van der Waals surface area contributed by atoms with Gasteiger partial charge in [0.1, 0.15) is 11.6 Å². The van der Waals surface area contributed by atoms with E-state index >= 15 is 0 Å².